The summed E-state index contributed by atoms with van der Waals surface area (Å²) in [4.78, 5) is 25.6. The zero-order valence-electron chi connectivity index (χ0n) is 11.6. The Kier molecular flexibility index (Phi) is 5.60. The standard InChI is InChI=1S/C13H19BrN2O3/c1-8(2)7-10(13(18)16(3)4)15-12(17)9-5-6-19-11(9)14/h5-6,8,10H,7H2,1-4H3,(H,15,17). The van der Waals surface area contributed by atoms with Crippen molar-refractivity contribution in [3.63, 3.8) is 0 Å². The zero-order chi connectivity index (χ0) is 14.6. The number of nitrogens with zero attached hydrogens (tertiary/aromatic N) is 1. The fraction of sp³-hybridized carbons (Fsp3) is 0.538. The molecule has 1 unspecified atom stereocenters. The number of amides is 2. The van der Waals surface area contributed by atoms with E-state index in [1.54, 1.807) is 20.2 Å². The Hall–Kier alpha value is -1.30. The molecule has 0 fully saturated rings. The Bertz CT molecular complexity index is 454. The minimum Gasteiger partial charge on any atom is -0.457 e. The number of carbonyl (C=O) groups is 2. The van der Waals surface area contributed by atoms with Gasteiger partial charge in [0.25, 0.3) is 5.91 Å². The summed E-state index contributed by atoms with van der Waals surface area (Å²) in [5.41, 5.74) is 0.389. The summed E-state index contributed by atoms with van der Waals surface area (Å²) in [6.07, 6.45) is 2.02. The van der Waals surface area contributed by atoms with Gasteiger partial charge in [-0.25, -0.2) is 0 Å². The molecule has 0 aromatic carbocycles. The lowest BCUT2D eigenvalue weighted by Crippen LogP contribution is -2.46. The van der Waals surface area contributed by atoms with Crippen LogP contribution in [0.5, 0.6) is 0 Å². The number of halogens is 1. The molecule has 6 heteroatoms. The molecule has 1 heterocycles. The summed E-state index contributed by atoms with van der Waals surface area (Å²) in [6, 6.07) is 1.04. The van der Waals surface area contributed by atoms with Crippen molar-refractivity contribution in [3.8, 4) is 0 Å². The largest absolute Gasteiger partial charge is 0.457 e. The normalized spacial score (nSPS) is 12.3. The van der Waals surface area contributed by atoms with Gasteiger partial charge in [-0.3, -0.25) is 9.59 Å². The molecule has 0 aliphatic rings. The van der Waals surface area contributed by atoms with Gasteiger partial charge in [-0.2, -0.15) is 0 Å². The van der Waals surface area contributed by atoms with Crippen molar-refractivity contribution in [3.05, 3.63) is 22.6 Å². The van der Waals surface area contributed by atoms with Gasteiger partial charge < -0.3 is 14.6 Å². The van der Waals surface area contributed by atoms with Gasteiger partial charge in [0.05, 0.1) is 11.8 Å². The first kappa shape index (κ1) is 15.8. The Morgan fingerprint density at radius 2 is 2.05 bits per heavy atom. The first-order chi connectivity index (χ1) is 8.82. The van der Waals surface area contributed by atoms with Gasteiger partial charge in [0.15, 0.2) is 4.67 Å². The third-order valence-electron chi connectivity index (χ3n) is 2.61. The average Bonchev–Trinajstić information content (AvgIpc) is 2.72. The van der Waals surface area contributed by atoms with Crippen LogP contribution in [0.4, 0.5) is 0 Å². The molecule has 0 radical (unpaired) electrons. The lowest BCUT2D eigenvalue weighted by molar-refractivity contribution is -0.131. The SMILES string of the molecule is CC(C)CC(NC(=O)c1ccoc1Br)C(=O)N(C)C. The van der Waals surface area contributed by atoms with E-state index in [1.807, 2.05) is 13.8 Å². The van der Waals surface area contributed by atoms with Crippen molar-refractivity contribution in [1.82, 2.24) is 10.2 Å². The highest BCUT2D eigenvalue weighted by Crippen LogP contribution is 2.18. The van der Waals surface area contributed by atoms with E-state index in [-0.39, 0.29) is 11.8 Å². The Morgan fingerprint density at radius 3 is 2.47 bits per heavy atom. The Balaban J connectivity index is 2.80. The van der Waals surface area contributed by atoms with E-state index in [0.29, 0.717) is 22.6 Å². The highest BCUT2D eigenvalue weighted by molar-refractivity contribution is 9.10. The maximum Gasteiger partial charge on any atom is 0.256 e. The van der Waals surface area contributed by atoms with Gasteiger partial charge in [-0.05, 0) is 34.3 Å². The molecule has 1 aromatic heterocycles. The van der Waals surface area contributed by atoms with Gasteiger partial charge >= 0.3 is 0 Å². The van der Waals surface area contributed by atoms with Crippen LogP contribution in [0.1, 0.15) is 30.6 Å². The molecule has 5 nitrogen and oxygen atoms in total. The van der Waals surface area contributed by atoms with E-state index in [0.717, 1.165) is 0 Å². The van der Waals surface area contributed by atoms with E-state index in [4.69, 9.17) is 4.42 Å². The summed E-state index contributed by atoms with van der Waals surface area (Å²) in [6.45, 7) is 4.02. The van der Waals surface area contributed by atoms with Crippen molar-refractivity contribution in [1.29, 1.82) is 0 Å². The molecule has 1 atom stereocenters. The van der Waals surface area contributed by atoms with E-state index in [1.165, 1.54) is 11.2 Å². The number of hydrogen-bond acceptors (Lipinski definition) is 3. The van der Waals surface area contributed by atoms with Crippen LogP contribution >= 0.6 is 15.9 Å². The minimum atomic E-state index is -0.524. The first-order valence-electron chi connectivity index (χ1n) is 6.08. The number of carbonyl (C=O) groups excluding carboxylic acids is 2. The number of rotatable bonds is 5. The maximum absolute atomic E-state index is 12.1. The number of furan rings is 1. The average molecular weight is 331 g/mol. The molecule has 1 rings (SSSR count). The number of hydrogen-bond donors (Lipinski definition) is 1. The predicted octanol–water partition coefficient (Wildman–Crippen LogP) is 2.27. The highest BCUT2D eigenvalue weighted by atomic mass is 79.9. The van der Waals surface area contributed by atoms with Crippen LogP contribution < -0.4 is 5.32 Å². The van der Waals surface area contributed by atoms with Crippen LogP contribution in [0.3, 0.4) is 0 Å². The van der Waals surface area contributed by atoms with Crippen LogP contribution in [0.2, 0.25) is 0 Å². The summed E-state index contributed by atoms with van der Waals surface area (Å²) in [7, 11) is 3.35. The monoisotopic (exact) mass is 330 g/mol. The molecule has 0 spiro atoms. The quantitative estimate of drug-likeness (QED) is 0.900. The summed E-state index contributed by atoms with van der Waals surface area (Å²) in [5, 5.41) is 2.75. The van der Waals surface area contributed by atoms with Crippen LogP contribution in [0.15, 0.2) is 21.4 Å². The molecular weight excluding hydrogens is 312 g/mol. The van der Waals surface area contributed by atoms with Crippen molar-refractivity contribution < 1.29 is 14.0 Å². The number of nitrogens with one attached hydrogen (secondary N) is 1. The first-order valence-corrected chi connectivity index (χ1v) is 6.87. The van der Waals surface area contributed by atoms with Gasteiger partial charge in [-0.15, -0.1) is 0 Å². The lowest BCUT2D eigenvalue weighted by atomic mass is 10.0. The molecule has 1 aromatic rings. The number of likely N-dealkylation sites (N-methyl/N-ethyl adjacent to an activating group) is 1. The molecule has 2 amide bonds. The van der Waals surface area contributed by atoms with Gasteiger partial charge in [0, 0.05) is 14.1 Å². The van der Waals surface area contributed by atoms with Crippen LogP contribution in [-0.2, 0) is 4.79 Å². The fourth-order valence-corrected chi connectivity index (χ4v) is 2.12. The third-order valence-corrected chi connectivity index (χ3v) is 3.23. The molecule has 1 N–H and O–H groups in total. The third kappa shape index (κ3) is 4.38. The Labute approximate surface area is 121 Å². The van der Waals surface area contributed by atoms with E-state index < -0.39 is 6.04 Å². The minimum absolute atomic E-state index is 0.110. The predicted molar refractivity (Wildman–Crippen MR) is 75.8 cm³/mol. The van der Waals surface area contributed by atoms with Crippen molar-refractivity contribution in [2.75, 3.05) is 14.1 Å². The maximum atomic E-state index is 12.1. The summed E-state index contributed by atoms with van der Waals surface area (Å²) in [5.74, 6) is -0.120. The summed E-state index contributed by atoms with van der Waals surface area (Å²) < 4.78 is 5.38. The molecule has 0 aliphatic heterocycles. The van der Waals surface area contributed by atoms with E-state index in [2.05, 4.69) is 21.2 Å². The van der Waals surface area contributed by atoms with Crippen molar-refractivity contribution >= 4 is 27.7 Å². The van der Waals surface area contributed by atoms with Gasteiger partial charge in [0.1, 0.15) is 6.04 Å². The van der Waals surface area contributed by atoms with Crippen LogP contribution in [-0.4, -0.2) is 36.9 Å². The lowest BCUT2D eigenvalue weighted by Gasteiger charge is -2.23. The second-order valence-electron chi connectivity index (χ2n) is 5.00. The highest BCUT2D eigenvalue weighted by Gasteiger charge is 2.25. The van der Waals surface area contributed by atoms with Crippen LogP contribution in [0, 0.1) is 5.92 Å². The second-order valence-corrected chi connectivity index (χ2v) is 5.72. The molecule has 106 valence electrons. The molecule has 0 bridgehead atoms. The van der Waals surface area contributed by atoms with E-state index in [9.17, 15) is 9.59 Å². The van der Waals surface area contributed by atoms with Crippen LogP contribution in [0.25, 0.3) is 0 Å². The second kappa shape index (κ2) is 6.75. The van der Waals surface area contributed by atoms with E-state index >= 15 is 0 Å². The molecule has 0 saturated heterocycles. The smallest absolute Gasteiger partial charge is 0.256 e. The molecular formula is C13H19BrN2O3. The molecule has 19 heavy (non-hydrogen) atoms. The summed E-state index contributed by atoms with van der Waals surface area (Å²) >= 11 is 3.15. The van der Waals surface area contributed by atoms with Crippen molar-refractivity contribution in [2.45, 2.75) is 26.3 Å². The van der Waals surface area contributed by atoms with Gasteiger partial charge in [0.2, 0.25) is 5.91 Å². The van der Waals surface area contributed by atoms with Crippen molar-refractivity contribution in [2.24, 2.45) is 5.92 Å². The van der Waals surface area contributed by atoms with Gasteiger partial charge in [-0.1, -0.05) is 13.8 Å². The fourth-order valence-electron chi connectivity index (χ4n) is 1.70. The molecule has 0 aliphatic carbocycles. The Morgan fingerprint density at radius 1 is 1.42 bits per heavy atom. The topological polar surface area (TPSA) is 62.6 Å². The zero-order valence-corrected chi connectivity index (χ0v) is 13.2. The molecule has 0 saturated carbocycles.